The van der Waals surface area contributed by atoms with Gasteiger partial charge >= 0.3 is 0 Å². The molecule has 0 saturated carbocycles. The van der Waals surface area contributed by atoms with Gasteiger partial charge in [-0.05, 0) is 76.9 Å². The summed E-state index contributed by atoms with van der Waals surface area (Å²) in [7, 11) is 0. The number of anilines is 4. The molecule has 3 heterocycles. The molecule has 2 aliphatic rings. The van der Waals surface area contributed by atoms with E-state index >= 15 is 0 Å². The van der Waals surface area contributed by atoms with Crippen molar-refractivity contribution in [2.24, 2.45) is 0 Å². The molecule has 0 saturated heterocycles. The maximum Gasteiger partial charge on any atom is 0.135 e. The maximum atomic E-state index is 6.12. The highest BCUT2D eigenvalue weighted by molar-refractivity contribution is 6.06. The molecule has 6 aromatic carbocycles. The van der Waals surface area contributed by atoms with Gasteiger partial charge in [-0.1, -0.05) is 104 Å². The lowest BCUT2D eigenvalue weighted by molar-refractivity contribution is 0.669. The fraction of sp³-hybridized carbons (Fsp3) is 0.0476. The van der Waals surface area contributed by atoms with Crippen molar-refractivity contribution in [3.63, 3.8) is 0 Å². The summed E-state index contributed by atoms with van der Waals surface area (Å²) in [5, 5.41) is 2.26. The summed E-state index contributed by atoms with van der Waals surface area (Å²) in [6, 6.07) is 51.4. The van der Waals surface area contributed by atoms with Gasteiger partial charge in [-0.25, -0.2) is 0 Å². The van der Waals surface area contributed by atoms with Gasteiger partial charge in [0.2, 0.25) is 0 Å². The summed E-state index contributed by atoms with van der Waals surface area (Å²) >= 11 is 0. The van der Waals surface area contributed by atoms with Gasteiger partial charge in [0.25, 0.3) is 0 Å². The van der Waals surface area contributed by atoms with Crippen molar-refractivity contribution in [3.8, 4) is 11.1 Å². The fourth-order valence-electron chi connectivity index (χ4n) is 7.43. The van der Waals surface area contributed by atoms with Crippen LogP contribution < -0.4 is 9.80 Å². The Hall–Kier alpha value is -5.80. The van der Waals surface area contributed by atoms with Crippen LogP contribution in [-0.2, 0) is 0 Å². The Balaban J connectivity index is 1.20. The number of para-hydroxylation sites is 4. The lowest BCUT2D eigenvalue weighted by atomic mass is 9.91. The summed E-state index contributed by atoms with van der Waals surface area (Å²) in [5.74, 6) is 0. The third-order valence-corrected chi connectivity index (χ3v) is 9.46. The summed E-state index contributed by atoms with van der Waals surface area (Å²) in [4.78, 5) is 4.93. The van der Waals surface area contributed by atoms with Crippen molar-refractivity contribution in [2.45, 2.75) is 12.1 Å². The van der Waals surface area contributed by atoms with Crippen molar-refractivity contribution in [2.75, 3.05) is 9.80 Å². The van der Waals surface area contributed by atoms with Crippen LogP contribution >= 0.6 is 0 Å². The van der Waals surface area contributed by atoms with E-state index in [0.717, 1.165) is 61.3 Å². The molecule has 0 fully saturated rings. The van der Waals surface area contributed by atoms with E-state index in [2.05, 4.69) is 143 Å². The predicted octanol–water partition coefficient (Wildman–Crippen LogP) is 11.0. The minimum absolute atomic E-state index is 0.0537. The van der Waals surface area contributed by atoms with E-state index in [0.29, 0.717) is 0 Å². The summed E-state index contributed by atoms with van der Waals surface area (Å²) in [6.07, 6.45) is 0. The van der Waals surface area contributed by atoms with Gasteiger partial charge in [0.05, 0.1) is 12.1 Å². The van der Waals surface area contributed by atoms with Crippen LogP contribution in [0, 0.1) is 0 Å². The molecule has 0 amide bonds. The highest BCUT2D eigenvalue weighted by Gasteiger charge is 2.46. The summed E-state index contributed by atoms with van der Waals surface area (Å²) < 4.78 is 6.12. The molecule has 1 aromatic heterocycles. The van der Waals surface area contributed by atoms with Gasteiger partial charge in [0.1, 0.15) is 11.2 Å². The minimum Gasteiger partial charge on any atom is -0.456 e. The maximum absolute atomic E-state index is 6.12. The Labute approximate surface area is 262 Å². The van der Waals surface area contributed by atoms with Crippen molar-refractivity contribution < 1.29 is 4.42 Å². The van der Waals surface area contributed by atoms with Gasteiger partial charge in [0.15, 0.2) is 0 Å². The molecule has 214 valence electrons. The second-order valence-corrected chi connectivity index (χ2v) is 11.9. The fourth-order valence-corrected chi connectivity index (χ4v) is 7.43. The van der Waals surface area contributed by atoms with Gasteiger partial charge in [-0.2, -0.15) is 0 Å². The first kappa shape index (κ1) is 25.7. The summed E-state index contributed by atoms with van der Waals surface area (Å²) in [5.41, 5.74) is 13.3. The first-order valence-corrected chi connectivity index (χ1v) is 15.4. The molecule has 7 aromatic rings. The summed E-state index contributed by atoms with van der Waals surface area (Å²) in [6.45, 7) is 9.46. The standard InChI is InChI=1S/C42H30N2O/c1-27-33-17-6-9-20-37(33)43(31-14-4-3-5-15-31)41(27)42-28(2)34-18-7-10-21-38(34)44(42)32-16-12-13-29(25-32)30-23-24-40-36(26-30)35-19-8-11-22-39(35)45-40/h3-26,41-42H,1-2H2. The highest BCUT2D eigenvalue weighted by atomic mass is 16.3. The number of nitrogens with zero attached hydrogens (tertiary/aromatic N) is 2. The number of rotatable bonds is 4. The highest BCUT2D eigenvalue weighted by Crippen LogP contribution is 2.53. The second-order valence-electron chi connectivity index (χ2n) is 11.9. The average Bonchev–Trinajstić information content (AvgIpc) is 3.72. The van der Waals surface area contributed by atoms with Crippen LogP contribution in [0.4, 0.5) is 22.7 Å². The molecule has 0 bridgehead atoms. The second kappa shape index (κ2) is 9.87. The smallest absolute Gasteiger partial charge is 0.135 e. The quantitative estimate of drug-likeness (QED) is 0.207. The van der Waals surface area contributed by atoms with E-state index in [1.165, 1.54) is 16.8 Å². The lowest BCUT2D eigenvalue weighted by Gasteiger charge is -2.38. The molecule has 45 heavy (non-hydrogen) atoms. The molecule has 3 nitrogen and oxygen atoms in total. The molecule has 0 radical (unpaired) electrons. The van der Waals surface area contributed by atoms with Crippen molar-refractivity contribution >= 4 is 55.8 Å². The Morgan fingerprint density at radius 1 is 0.444 bits per heavy atom. The number of hydrogen-bond donors (Lipinski definition) is 0. The molecular weight excluding hydrogens is 548 g/mol. The molecule has 3 heteroatoms. The average molecular weight is 579 g/mol. The van der Waals surface area contributed by atoms with E-state index in [4.69, 9.17) is 17.6 Å². The van der Waals surface area contributed by atoms with E-state index < -0.39 is 0 Å². The Morgan fingerprint density at radius 3 is 1.73 bits per heavy atom. The molecule has 0 aliphatic carbocycles. The van der Waals surface area contributed by atoms with Crippen LogP contribution in [0.2, 0.25) is 0 Å². The number of furan rings is 1. The molecule has 2 aliphatic heterocycles. The lowest BCUT2D eigenvalue weighted by Crippen LogP contribution is -2.45. The molecule has 0 N–H and O–H groups in total. The van der Waals surface area contributed by atoms with Gasteiger partial charge < -0.3 is 14.2 Å². The molecule has 9 rings (SSSR count). The monoisotopic (exact) mass is 578 g/mol. The zero-order valence-electron chi connectivity index (χ0n) is 24.7. The van der Waals surface area contributed by atoms with E-state index in [1.807, 2.05) is 12.1 Å². The predicted molar refractivity (Wildman–Crippen MR) is 188 cm³/mol. The van der Waals surface area contributed by atoms with Crippen LogP contribution in [0.3, 0.4) is 0 Å². The van der Waals surface area contributed by atoms with Crippen LogP contribution in [-0.4, -0.2) is 12.1 Å². The van der Waals surface area contributed by atoms with Crippen LogP contribution in [0.1, 0.15) is 11.1 Å². The van der Waals surface area contributed by atoms with Crippen molar-refractivity contribution in [3.05, 3.63) is 170 Å². The van der Waals surface area contributed by atoms with Gasteiger partial charge in [-0.15, -0.1) is 0 Å². The Kier molecular flexibility index (Phi) is 5.63. The number of hydrogen-bond acceptors (Lipinski definition) is 3. The van der Waals surface area contributed by atoms with Crippen LogP contribution in [0.5, 0.6) is 0 Å². The van der Waals surface area contributed by atoms with Crippen molar-refractivity contribution in [1.29, 1.82) is 0 Å². The number of benzene rings is 6. The van der Waals surface area contributed by atoms with Crippen LogP contribution in [0.25, 0.3) is 44.2 Å². The Morgan fingerprint density at radius 2 is 1.00 bits per heavy atom. The molecular formula is C42H30N2O. The van der Waals surface area contributed by atoms with Crippen LogP contribution in [0.15, 0.2) is 163 Å². The third kappa shape index (κ3) is 3.84. The first-order chi connectivity index (χ1) is 22.2. The zero-order valence-corrected chi connectivity index (χ0v) is 24.7. The van der Waals surface area contributed by atoms with Crippen molar-refractivity contribution in [1.82, 2.24) is 0 Å². The normalized spacial score (nSPS) is 17.3. The third-order valence-electron chi connectivity index (χ3n) is 9.46. The molecule has 0 spiro atoms. The zero-order chi connectivity index (χ0) is 30.1. The van der Waals surface area contributed by atoms with E-state index in [-0.39, 0.29) is 12.1 Å². The van der Waals surface area contributed by atoms with Gasteiger partial charge in [0, 0.05) is 44.6 Å². The topological polar surface area (TPSA) is 19.6 Å². The Bertz CT molecular complexity index is 2300. The number of fused-ring (bicyclic) bond motifs is 5. The molecule has 2 unspecified atom stereocenters. The van der Waals surface area contributed by atoms with Gasteiger partial charge in [-0.3, -0.25) is 0 Å². The first-order valence-electron chi connectivity index (χ1n) is 15.4. The minimum atomic E-state index is -0.0712. The van der Waals surface area contributed by atoms with E-state index in [1.54, 1.807) is 0 Å². The largest absolute Gasteiger partial charge is 0.456 e. The SMILES string of the molecule is C=C1c2ccccc2N(c2ccccc2)C1C1C(=C)c2ccccc2N1c1cccc(-c2ccc3oc4ccccc4c3c2)c1. The molecule has 2 atom stereocenters. The van der Waals surface area contributed by atoms with E-state index in [9.17, 15) is 0 Å².